The Balaban J connectivity index is 1.77. The summed E-state index contributed by atoms with van der Waals surface area (Å²) in [7, 11) is 2.09. The van der Waals surface area contributed by atoms with E-state index in [0.717, 1.165) is 18.2 Å². The maximum Gasteiger partial charge on any atom is 0.172 e. The van der Waals surface area contributed by atoms with Crippen molar-refractivity contribution < 1.29 is 0 Å². The maximum atomic E-state index is 5.59. The zero-order chi connectivity index (χ0) is 13.9. The molecule has 20 heavy (non-hydrogen) atoms. The smallest absolute Gasteiger partial charge is 0.172 e. The number of benzene rings is 2. The fourth-order valence-corrected chi connectivity index (χ4v) is 2.97. The lowest BCUT2D eigenvalue weighted by atomic mass is 10.1. The van der Waals surface area contributed by atoms with Gasteiger partial charge in [-0.3, -0.25) is 0 Å². The van der Waals surface area contributed by atoms with E-state index in [4.69, 9.17) is 12.2 Å². The number of hydrogen-bond donors (Lipinski definition) is 0. The van der Waals surface area contributed by atoms with Gasteiger partial charge in [0.25, 0.3) is 0 Å². The van der Waals surface area contributed by atoms with Gasteiger partial charge in [-0.15, -0.1) is 0 Å². The Kier molecular flexibility index (Phi) is 3.70. The van der Waals surface area contributed by atoms with Gasteiger partial charge in [0.15, 0.2) is 5.11 Å². The highest BCUT2D eigenvalue weighted by molar-refractivity contribution is 7.80. The van der Waals surface area contributed by atoms with Crippen LogP contribution in [0.3, 0.4) is 0 Å². The number of hydrogen-bond acceptors (Lipinski definition) is 1. The van der Waals surface area contributed by atoms with Gasteiger partial charge in [-0.2, -0.15) is 0 Å². The second-order valence-electron chi connectivity index (χ2n) is 5.19. The molecule has 1 saturated heterocycles. The molecule has 1 fully saturated rings. The molecule has 0 aliphatic carbocycles. The van der Waals surface area contributed by atoms with Crippen LogP contribution in [0.4, 0.5) is 0 Å². The van der Waals surface area contributed by atoms with Crippen molar-refractivity contribution in [2.24, 2.45) is 0 Å². The highest BCUT2D eigenvalue weighted by atomic mass is 32.1. The summed E-state index contributed by atoms with van der Waals surface area (Å²) in [5, 5.41) is 0.933. The SMILES string of the molecule is CN1C(=S)N(Cc2ccccc2)C[C@H]1c1ccccc1. The molecular formula is C17H18N2S. The zero-order valence-electron chi connectivity index (χ0n) is 11.6. The summed E-state index contributed by atoms with van der Waals surface area (Å²) < 4.78 is 0. The van der Waals surface area contributed by atoms with Crippen molar-refractivity contribution in [1.82, 2.24) is 9.80 Å². The molecule has 0 bridgehead atoms. The predicted molar refractivity (Wildman–Crippen MR) is 86.4 cm³/mol. The van der Waals surface area contributed by atoms with E-state index in [1.165, 1.54) is 11.1 Å². The second-order valence-corrected chi connectivity index (χ2v) is 5.55. The molecule has 3 rings (SSSR count). The minimum absolute atomic E-state index is 0.354. The molecule has 2 nitrogen and oxygen atoms in total. The van der Waals surface area contributed by atoms with Crippen molar-refractivity contribution in [3.05, 3.63) is 71.8 Å². The highest BCUT2D eigenvalue weighted by Gasteiger charge is 2.32. The molecule has 1 aliphatic rings. The number of likely N-dealkylation sites (N-methyl/N-ethyl adjacent to an activating group) is 1. The van der Waals surface area contributed by atoms with Crippen LogP contribution in [0.15, 0.2) is 60.7 Å². The lowest BCUT2D eigenvalue weighted by Gasteiger charge is -2.20. The molecule has 0 unspecified atom stereocenters. The Hall–Kier alpha value is -1.87. The van der Waals surface area contributed by atoms with Crippen molar-refractivity contribution in [3.8, 4) is 0 Å². The molecule has 0 saturated carbocycles. The van der Waals surface area contributed by atoms with E-state index in [1.54, 1.807) is 0 Å². The Labute approximate surface area is 125 Å². The summed E-state index contributed by atoms with van der Waals surface area (Å²) in [6.45, 7) is 1.83. The van der Waals surface area contributed by atoms with E-state index in [-0.39, 0.29) is 0 Å². The summed E-state index contributed by atoms with van der Waals surface area (Å²) in [4.78, 5) is 4.48. The van der Waals surface area contributed by atoms with Crippen LogP contribution in [0.5, 0.6) is 0 Å². The van der Waals surface area contributed by atoms with E-state index >= 15 is 0 Å². The quantitative estimate of drug-likeness (QED) is 0.796. The molecule has 2 aromatic carbocycles. The first kappa shape index (κ1) is 13.1. The average molecular weight is 282 g/mol. The summed E-state index contributed by atoms with van der Waals surface area (Å²) in [5.74, 6) is 0. The Morgan fingerprint density at radius 3 is 2.25 bits per heavy atom. The molecule has 1 heterocycles. The molecule has 102 valence electrons. The highest BCUT2D eigenvalue weighted by Crippen LogP contribution is 2.29. The van der Waals surface area contributed by atoms with E-state index in [2.05, 4.69) is 71.4 Å². The van der Waals surface area contributed by atoms with Crippen LogP contribution in [0, 0.1) is 0 Å². The lowest BCUT2D eigenvalue weighted by Crippen LogP contribution is -2.28. The Bertz CT molecular complexity index is 582. The van der Waals surface area contributed by atoms with Gasteiger partial charge >= 0.3 is 0 Å². The maximum absolute atomic E-state index is 5.59. The molecule has 1 atom stereocenters. The minimum Gasteiger partial charge on any atom is -0.343 e. The van der Waals surface area contributed by atoms with Gasteiger partial charge in [-0.05, 0) is 23.3 Å². The monoisotopic (exact) mass is 282 g/mol. The summed E-state index contributed by atoms with van der Waals surface area (Å²) in [6.07, 6.45) is 0. The predicted octanol–water partition coefficient (Wildman–Crippen LogP) is 3.46. The van der Waals surface area contributed by atoms with Crippen LogP contribution >= 0.6 is 12.2 Å². The van der Waals surface area contributed by atoms with E-state index in [0.29, 0.717) is 6.04 Å². The molecule has 0 aromatic heterocycles. The molecule has 1 aliphatic heterocycles. The zero-order valence-corrected chi connectivity index (χ0v) is 12.4. The Morgan fingerprint density at radius 2 is 1.60 bits per heavy atom. The summed E-state index contributed by atoms with van der Waals surface area (Å²) in [6, 6.07) is 21.4. The molecule has 2 aromatic rings. The van der Waals surface area contributed by atoms with E-state index < -0.39 is 0 Å². The van der Waals surface area contributed by atoms with Crippen molar-refractivity contribution in [1.29, 1.82) is 0 Å². The largest absolute Gasteiger partial charge is 0.343 e. The number of thiocarbonyl (C=S) groups is 1. The van der Waals surface area contributed by atoms with E-state index in [1.807, 2.05) is 6.07 Å². The number of rotatable bonds is 3. The molecule has 0 N–H and O–H groups in total. The summed E-state index contributed by atoms with van der Waals surface area (Å²) in [5.41, 5.74) is 2.63. The van der Waals surface area contributed by atoms with Gasteiger partial charge in [-0.1, -0.05) is 60.7 Å². The Morgan fingerprint density at radius 1 is 1.00 bits per heavy atom. The normalized spacial score (nSPS) is 18.6. The van der Waals surface area contributed by atoms with Gasteiger partial charge in [0.2, 0.25) is 0 Å². The molecule has 0 amide bonds. The van der Waals surface area contributed by atoms with Gasteiger partial charge in [0, 0.05) is 20.1 Å². The van der Waals surface area contributed by atoms with Crippen molar-refractivity contribution >= 4 is 17.3 Å². The molecular weight excluding hydrogens is 264 g/mol. The fourth-order valence-electron chi connectivity index (χ4n) is 2.71. The minimum atomic E-state index is 0.354. The van der Waals surface area contributed by atoms with Crippen LogP contribution in [-0.4, -0.2) is 28.5 Å². The average Bonchev–Trinajstić information content (AvgIpc) is 2.78. The van der Waals surface area contributed by atoms with Crippen molar-refractivity contribution in [2.75, 3.05) is 13.6 Å². The van der Waals surface area contributed by atoms with Gasteiger partial charge in [0.1, 0.15) is 0 Å². The standard InChI is InChI=1S/C17H18N2S/c1-18-16(15-10-6-3-7-11-15)13-19(17(18)20)12-14-8-4-2-5-9-14/h2-11,16H,12-13H2,1H3/t16-/m0/s1. The van der Waals surface area contributed by atoms with Crippen LogP contribution in [0.2, 0.25) is 0 Å². The van der Waals surface area contributed by atoms with Crippen LogP contribution in [0.25, 0.3) is 0 Å². The topological polar surface area (TPSA) is 6.48 Å². The van der Waals surface area contributed by atoms with Crippen LogP contribution in [-0.2, 0) is 6.54 Å². The van der Waals surface area contributed by atoms with Gasteiger partial charge in [-0.25, -0.2) is 0 Å². The third kappa shape index (κ3) is 2.54. The molecule has 0 spiro atoms. The lowest BCUT2D eigenvalue weighted by molar-refractivity contribution is 0.393. The second kappa shape index (κ2) is 5.63. The van der Waals surface area contributed by atoms with Crippen molar-refractivity contribution in [2.45, 2.75) is 12.6 Å². The first-order chi connectivity index (χ1) is 9.75. The van der Waals surface area contributed by atoms with E-state index in [9.17, 15) is 0 Å². The number of nitrogens with zero attached hydrogens (tertiary/aromatic N) is 2. The fraction of sp³-hybridized carbons (Fsp3) is 0.235. The first-order valence-electron chi connectivity index (χ1n) is 6.86. The molecule has 0 radical (unpaired) electrons. The van der Waals surface area contributed by atoms with Gasteiger partial charge < -0.3 is 9.80 Å². The molecule has 3 heteroatoms. The third-order valence-electron chi connectivity index (χ3n) is 3.83. The van der Waals surface area contributed by atoms with Crippen molar-refractivity contribution in [3.63, 3.8) is 0 Å². The van der Waals surface area contributed by atoms with Gasteiger partial charge in [0.05, 0.1) is 6.04 Å². The summed E-state index contributed by atoms with van der Waals surface area (Å²) >= 11 is 5.59. The first-order valence-corrected chi connectivity index (χ1v) is 7.27. The van der Waals surface area contributed by atoms with Crippen LogP contribution < -0.4 is 0 Å². The van der Waals surface area contributed by atoms with Crippen LogP contribution in [0.1, 0.15) is 17.2 Å². The third-order valence-corrected chi connectivity index (χ3v) is 4.38.